The average Bonchev–Trinajstić information content (AvgIpc) is 2.67. The van der Waals surface area contributed by atoms with E-state index in [1.54, 1.807) is 6.92 Å². The van der Waals surface area contributed by atoms with Crippen LogP contribution in [0.15, 0.2) is 42.5 Å². The molecule has 2 aromatic carbocycles. The topological polar surface area (TPSA) is 122 Å². The fraction of sp³-hybridized carbons (Fsp3) is 0.300. The van der Waals surface area contributed by atoms with Gasteiger partial charge in [-0.05, 0) is 36.5 Å². The van der Waals surface area contributed by atoms with E-state index in [1.807, 2.05) is 24.3 Å². The number of fused-ring (bicyclic) bond motifs is 1. The SMILES string of the molecule is Cc1ccc([N+](=O)[O-])cc1NC(=O)C(=O)NCC1(O)CCc2ccccc2C1. The number of non-ortho nitro benzene ring substituents is 1. The predicted octanol–water partition coefficient (Wildman–Crippen LogP) is 1.88. The summed E-state index contributed by atoms with van der Waals surface area (Å²) < 4.78 is 0. The number of hydrogen-bond donors (Lipinski definition) is 3. The summed E-state index contributed by atoms with van der Waals surface area (Å²) in [5, 5.41) is 26.5. The number of aryl methyl sites for hydroxylation is 2. The van der Waals surface area contributed by atoms with Crippen molar-refractivity contribution in [2.75, 3.05) is 11.9 Å². The highest BCUT2D eigenvalue weighted by atomic mass is 16.6. The summed E-state index contributed by atoms with van der Waals surface area (Å²) in [5.41, 5.74) is 1.69. The number of anilines is 1. The van der Waals surface area contributed by atoms with Crippen molar-refractivity contribution in [3.8, 4) is 0 Å². The van der Waals surface area contributed by atoms with Gasteiger partial charge in [-0.2, -0.15) is 0 Å². The van der Waals surface area contributed by atoms with Crippen LogP contribution >= 0.6 is 0 Å². The van der Waals surface area contributed by atoms with Gasteiger partial charge in [0, 0.05) is 25.1 Å². The number of rotatable bonds is 4. The molecule has 0 bridgehead atoms. The normalized spacial score (nSPS) is 18.1. The Labute approximate surface area is 161 Å². The highest BCUT2D eigenvalue weighted by Gasteiger charge is 2.33. The molecule has 146 valence electrons. The van der Waals surface area contributed by atoms with Gasteiger partial charge in [-0.15, -0.1) is 0 Å². The number of amides is 2. The summed E-state index contributed by atoms with van der Waals surface area (Å²) in [6.07, 6.45) is 1.58. The van der Waals surface area contributed by atoms with Gasteiger partial charge in [0.1, 0.15) is 0 Å². The molecule has 0 aromatic heterocycles. The van der Waals surface area contributed by atoms with Crippen LogP contribution in [0.1, 0.15) is 23.1 Å². The van der Waals surface area contributed by atoms with Gasteiger partial charge in [-0.1, -0.05) is 30.3 Å². The van der Waals surface area contributed by atoms with Gasteiger partial charge in [0.15, 0.2) is 0 Å². The standard InChI is InChI=1S/C20H21N3O5/c1-13-6-7-16(23(27)28)10-17(13)22-19(25)18(24)21-12-20(26)9-8-14-4-2-3-5-15(14)11-20/h2-7,10,26H,8-9,11-12H2,1H3,(H,21,24)(H,22,25). The first-order valence-electron chi connectivity index (χ1n) is 8.91. The molecule has 0 spiro atoms. The van der Waals surface area contributed by atoms with E-state index in [9.17, 15) is 24.8 Å². The van der Waals surface area contributed by atoms with Crippen LogP contribution in [-0.4, -0.2) is 34.0 Å². The van der Waals surface area contributed by atoms with Crippen LogP contribution in [0.2, 0.25) is 0 Å². The molecule has 0 aliphatic heterocycles. The van der Waals surface area contributed by atoms with Gasteiger partial charge in [0.25, 0.3) is 5.69 Å². The monoisotopic (exact) mass is 383 g/mol. The van der Waals surface area contributed by atoms with Gasteiger partial charge < -0.3 is 15.7 Å². The fourth-order valence-electron chi connectivity index (χ4n) is 3.30. The zero-order valence-corrected chi connectivity index (χ0v) is 15.4. The van der Waals surface area contributed by atoms with Crippen LogP contribution in [0, 0.1) is 17.0 Å². The van der Waals surface area contributed by atoms with Crippen molar-refractivity contribution in [1.29, 1.82) is 0 Å². The van der Waals surface area contributed by atoms with Crippen LogP contribution < -0.4 is 10.6 Å². The van der Waals surface area contributed by atoms with Gasteiger partial charge >= 0.3 is 11.8 Å². The molecule has 8 heteroatoms. The number of nitrogens with zero attached hydrogens (tertiary/aromatic N) is 1. The quantitative estimate of drug-likeness (QED) is 0.423. The molecule has 0 radical (unpaired) electrons. The van der Waals surface area contributed by atoms with Crippen molar-refractivity contribution < 1.29 is 19.6 Å². The molecule has 1 unspecified atom stereocenters. The predicted molar refractivity (Wildman–Crippen MR) is 103 cm³/mol. The molecule has 3 N–H and O–H groups in total. The van der Waals surface area contributed by atoms with E-state index in [1.165, 1.54) is 23.8 Å². The molecule has 3 rings (SSSR count). The van der Waals surface area contributed by atoms with Crippen molar-refractivity contribution in [1.82, 2.24) is 5.32 Å². The van der Waals surface area contributed by atoms with Crippen LogP contribution in [0.3, 0.4) is 0 Å². The number of carbonyl (C=O) groups is 2. The number of nitrogens with one attached hydrogen (secondary N) is 2. The molecule has 0 saturated heterocycles. The first-order valence-corrected chi connectivity index (χ1v) is 8.91. The van der Waals surface area contributed by atoms with Crippen LogP contribution in [0.25, 0.3) is 0 Å². The molecule has 1 aliphatic rings. The molecule has 2 aromatic rings. The zero-order valence-electron chi connectivity index (χ0n) is 15.4. The minimum atomic E-state index is -1.12. The summed E-state index contributed by atoms with van der Waals surface area (Å²) in [6.45, 7) is 1.61. The van der Waals surface area contributed by atoms with Gasteiger partial charge in [0.05, 0.1) is 16.2 Å². The molecule has 28 heavy (non-hydrogen) atoms. The second-order valence-electron chi connectivity index (χ2n) is 7.06. The molecule has 2 amide bonds. The third-order valence-corrected chi connectivity index (χ3v) is 4.96. The second-order valence-corrected chi connectivity index (χ2v) is 7.06. The second kappa shape index (κ2) is 7.77. The molecule has 8 nitrogen and oxygen atoms in total. The summed E-state index contributed by atoms with van der Waals surface area (Å²) >= 11 is 0. The average molecular weight is 383 g/mol. The van der Waals surface area contributed by atoms with E-state index in [4.69, 9.17) is 0 Å². The molecule has 1 atom stereocenters. The largest absolute Gasteiger partial charge is 0.388 e. The fourth-order valence-corrected chi connectivity index (χ4v) is 3.30. The Morgan fingerprint density at radius 2 is 1.89 bits per heavy atom. The lowest BCUT2D eigenvalue weighted by atomic mass is 9.80. The third kappa shape index (κ3) is 4.34. The van der Waals surface area contributed by atoms with E-state index in [0.29, 0.717) is 24.8 Å². The lowest BCUT2D eigenvalue weighted by molar-refractivity contribution is -0.384. The molecule has 0 heterocycles. The van der Waals surface area contributed by atoms with E-state index in [0.717, 1.165) is 5.56 Å². The number of hydrogen-bond acceptors (Lipinski definition) is 5. The maximum atomic E-state index is 12.1. The van der Waals surface area contributed by atoms with Crippen molar-refractivity contribution in [3.05, 3.63) is 69.3 Å². The Kier molecular flexibility index (Phi) is 5.41. The number of nitro benzene ring substituents is 1. The Morgan fingerprint density at radius 3 is 2.61 bits per heavy atom. The summed E-state index contributed by atoms with van der Waals surface area (Å²) in [6, 6.07) is 11.8. The lowest BCUT2D eigenvalue weighted by Crippen LogP contribution is -2.49. The Hall–Kier alpha value is -3.26. The number of benzene rings is 2. The van der Waals surface area contributed by atoms with Crippen molar-refractivity contribution in [2.45, 2.75) is 31.8 Å². The maximum absolute atomic E-state index is 12.1. The third-order valence-electron chi connectivity index (χ3n) is 4.96. The minimum Gasteiger partial charge on any atom is -0.388 e. The van der Waals surface area contributed by atoms with Crippen LogP contribution in [0.4, 0.5) is 11.4 Å². The summed E-state index contributed by atoms with van der Waals surface area (Å²) in [7, 11) is 0. The van der Waals surface area contributed by atoms with Crippen LogP contribution in [-0.2, 0) is 22.4 Å². The number of carbonyl (C=O) groups excluding carboxylic acids is 2. The highest BCUT2D eigenvalue weighted by Crippen LogP contribution is 2.28. The zero-order chi connectivity index (χ0) is 20.3. The number of nitro groups is 1. The minimum absolute atomic E-state index is 0.0541. The smallest absolute Gasteiger partial charge is 0.313 e. The van der Waals surface area contributed by atoms with E-state index in [2.05, 4.69) is 10.6 Å². The first kappa shape index (κ1) is 19.5. The van der Waals surface area contributed by atoms with E-state index >= 15 is 0 Å². The van der Waals surface area contributed by atoms with Crippen molar-refractivity contribution >= 4 is 23.2 Å². The van der Waals surface area contributed by atoms with E-state index < -0.39 is 22.3 Å². The first-order chi connectivity index (χ1) is 13.3. The van der Waals surface area contributed by atoms with Gasteiger partial charge in [-0.3, -0.25) is 19.7 Å². The summed E-state index contributed by atoms with van der Waals surface area (Å²) in [5.74, 6) is -1.85. The Balaban J connectivity index is 1.60. The van der Waals surface area contributed by atoms with Crippen molar-refractivity contribution in [2.24, 2.45) is 0 Å². The van der Waals surface area contributed by atoms with Crippen LogP contribution in [0.5, 0.6) is 0 Å². The summed E-state index contributed by atoms with van der Waals surface area (Å²) in [4.78, 5) is 34.6. The molecular formula is C20H21N3O5. The van der Waals surface area contributed by atoms with Crippen molar-refractivity contribution in [3.63, 3.8) is 0 Å². The maximum Gasteiger partial charge on any atom is 0.313 e. The lowest BCUT2D eigenvalue weighted by Gasteiger charge is -2.33. The number of aliphatic hydroxyl groups is 1. The van der Waals surface area contributed by atoms with Gasteiger partial charge in [-0.25, -0.2) is 0 Å². The molecule has 0 fully saturated rings. The van der Waals surface area contributed by atoms with E-state index in [-0.39, 0.29) is 17.9 Å². The Morgan fingerprint density at radius 1 is 1.18 bits per heavy atom. The van der Waals surface area contributed by atoms with Gasteiger partial charge in [0.2, 0.25) is 0 Å². The molecular weight excluding hydrogens is 362 g/mol. The Bertz CT molecular complexity index is 943. The molecule has 0 saturated carbocycles. The highest BCUT2D eigenvalue weighted by molar-refractivity contribution is 6.39. The molecule has 1 aliphatic carbocycles.